The largest absolute Gasteiger partial charge is 0.496 e. The maximum atomic E-state index is 12.4. The highest BCUT2D eigenvalue weighted by molar-refractivity contribution is 5.92. The number of hydrogen-bond donors (Lipinski definition) is 1. The summed E-state index contributed by atoms with van der Waals surface area (Å²) in [6.45, 7) is 1.98. The highest BCUT2D eigenvalue weighted by Gasteiger charge is 2.10. The third-order valence-electron chi connectivity index (χ3n) is 5.05. The third-order valence-corrected chi connectivity index (χ3v) is 5.05. The second-order valence-corrected chi connectivity index (χ2v) is 7.09. The standard InChI is InChI=1S/C24H23N3O2/c1-16-8-9-17(14-22(16)29-3)15-23(28)25-19-12-10-18(11-13-19)24-26-20-6-4-5-7-21(20)27(24)2/h4-14H,15H2,1-3H3,(H,25,28). The Kier molecular flexibility index (Phi) is 5.04. The highest BCUT2D eigenvalue weighted by atomic mass is 16.5. The van der Waals surface area contributed by atoms with Gasteiger partial charge in [0, 0.05) is 18.3 Å². The molecule has 1 aromatic heterocycles. The van der Waals surface area contributed by atoms with Crippen LogP contribution in [0.5, 0.6) is 5.75 Å². The van der Waals surface area contributed by atoms with Crippen LogP contribution in [0.15, 0.2) is 66.7 Å². The monoisotopic (exact) mass is 385 g/mol. The van der Waals surface area contributed by atoms with Crippen molar-refractivity contribution in [1.29, 1.82) is 0 Å². The molecular weight excluding hydrogens is 362 g/mol. The van der Waals surface area contributed by atoms with Crippen LogP contribution in [-0.2, 0) is 18.3 Å². The van der Waals surface area contributed by atoms with Gasteiger partial charge in [0.15, 0.2) is 0 Å². The molecule has 146 valence electrons. The SMILES string of the molecule is COc1cc(CC(=O)Nc2ccc(-c3nc4ccccc4n3C)cc2)ccc1C. The van der Waals surface area contributed by atoms with Gasteiger partial charge < -0.3 is 14.6 Å². The number of ether oxygens (including phenoxy) is 1. The number of imidazole rings is 1. The smallest absolute Gasteiger partial charge is 0.228 e. The van der Waals surface area contributed by atoms with Crippen molar-refractivity contribution in [2.75, 3.05) is 12.4 Å². The van der Waals surface area contributed by atoms with E-state index in [0.717, 1.165) is 45.0 Å². The Labute approximate surface area is 170 Å². The molecule has 1 N–H and O–H groups in total. The van der Waals surface area contributed by atoms with Crippen LogP contribution in [0.3, 0.4) is 0 Å². The quantitative estimate of drug-likeness (QED) is 0.540. The molecule has 1 heterocycles. The van der Waals surface area contributed by atoms with Crippen molar-refractivity contribution in [1.82, 2.24) is 9.55 Å². The van der Waals surface area contributed by atoms with E-state index in [1.807, 2.05) is 74.6 Å². The second kappa shape index (κ2) is 7.80. The Hall–Kier alpha value is -3.60. The lowest BCUT2D eigenvalue weighted by Gasteiger charge is -2.09. The molecule has 0 aliphatic carbocycles. The molecule has 0 saturated carbocycles. The summed E-state index contributed by atoms with van der Waals surface area (Å²) in [5.74, 6) is 1.63. The number of carbonyl (C=O) groups is 1. The van der Waals surface area contributed by atoms with E-state index in [4.69, 9.17) is 9.72 Å². The van der Waals surface area contributed by atoms with Gasteiger partial charge >= 0.3 is 0 Å². The van der Waals surface area contributed by atoms with Crippen LogP contribution in [0, 0.1) is 6.92 Å². The van der Waals surface area contributed by atoms with Crippen molar-refractivity contribution < 1.29 is 9.53 Å². The number of benzene rings is 3. The van der Waals surface area contributed by atoms with Gasteiger partial charge in [0.05, 0.1) is 24.6 Å². The summed E-state index contributed by atoms with van der Waals surface area (Å²) in [6, 6.07) is 21.6. The van der Waals surface area contributed by atoms with E-state index >= 15 is 0 Å². The normalized spacial score (nSPS) is 10.9. The summed E-state index contributed by atoms with van der Waals surface area (Å²) in [4.78, 5) is 17.1. The molecule has 0 saturated heterocycles. The Morgan fingerprint density at radius 2 is 1.83 bits per heavy atom. The third kappa shape index (κ3) is 3.85. The van der Waals surface area contributed by atoms with Gasteiger partial charge in [-0.2, -0.15) is 0 Å². The predicted molar refractivity (Wildman–Crippen MR) is 116 cm³/mol. The summed E-state index contributed by atoms with van der Waals surface area (Å²) in [7, 11) is 3.65. The molecule has 0 aliphatic heterocycles. The molecule has 0 unspecified atom stereocenters. The van der Waals surface area contributed by atoms with Crippen LogP contribution >= 0.6 is 0 Å². The summed E-state index contributed by atoms with van der Waals surface area (Å²) in [5.41, 5.74) is 5.79. The van der Waals surface area contributed by atoms with Gasteiger partial charge in [-0.15, -0.1) is 0 Å². The van der Waals surface area contributed by atoms with Crippen molar-refractivity contribution in [3.63, 3.8) is 0 Å². The molecule has 1 amide bonds. The van der Waals surface area contributed by atoms with Gasteiger partial charge in [0.1, 0.15) is 11.6 Å². The molecule has 0 atom stereocenters. The summed E-state index contributed by atoms with van der Waals surface area (Å²) < 4.78 is 7.41. The van der Waals surface area contributed by atoms with Gasteiger partial charge in [-0.3, -0.25) is 4.79 Å². The fourth-order valence-electron chi connectivity index (χ4n) is 3.47. The fraction of sp³-hybridized carbons (Fsp3) is 0.167. The molecule has 29 heavy (non-hydrogen) atoms. The van der Waals surface area contributed by atoms with E-state index in [9.17, 15) is 4.79 Å². The molecule has 4 aromatic rings. The first kappa shape index (κ1) is 18.7. The van der Waals surface area contributed by atoms with Gasteiger partial charge in [-0.25, -0.2) is 4.98 Å². The zero-order chi connectivity index (χ0) is 20.4. The van der Waals surface area contributed by atoms with Crippen molar-refractivity contribution in [2.45, 2.75) is 13.3 Å². The Morgan fingerprint density at radius 3 is 2.55 bits per heavy atom. The Balaban J connectivity index is 1.48. The van der Waals surface area contributed by atoms with Gasteiger partial charge in [0.25, 0.3) is 0 Å². The number of nitrogens with one attached hydrogen (secondary N) is 1. The van der Waals surface area contributed by atoms with E-state index in [-0.39, 0.29) is 5.91 Å². The first-order valence-electron chi connectivity index (χ1n) is 9.50. The van der Waals surface area contributed by atoms with Gasteiger partial charge in [-0.05, 0) is 60.5 Å². The number of aryl methyl sites for hydroxylation is 2. The molecule has 0 radical (unpaired) electrons. The molecule has 0 bridgehead atoms. The lowest BCUT2D eigenvalue weighted by molar-refractivity contribution is -0.115. The predicted octanol–water partition coefficient (Wildman–Crippen LogP) is 4.74. The number of fused-ring (bicyclic) bond motifs is 1. The Morgan fingerprint density at radius 1 is 1.07 bits per heavy atom. The minimum absolute atomic E-state index is 0.0635. The highest BCUT2D eigenvalue weighted by Crippen LogP contribution is 2.25. The molecule has 5 heteroatoms. The Bertz CT molecular complexity index is 1180. The van der Waals surface area contributed by atoms with Gasteiger partial charge in [-0.1, -0.05) is 24.3 Å². The zero-order valence-corrected chi connectivity index (χ0v) is 16.8. The minimum atomic E-state index is -0.0635. The van der Waals surface area contributed by atoms with E-state index in [2.05, 4.69) is 16.0 Å². The second-order valence-electron chi connectivity index (χ2n) is 7.09. The molecule has 5 nitrogen and oxygen atoms in total. The zero-order valence-electron chi connectivity index (χ0n) is 16.8. The number of nitrogens with zero attached hydrogens (tertiary/aromatic N) is 2. The summed E-state index contributed by atoms with van der Waals surface area (Å²) in [6.07, 6.45) is 0.295. The van der Waals surface area contributed by atoms with E-state index in [1.54, 1.807) is 7.11 Å². The minimum Gasteiger partial charge on any atom is -0.496 e. The number of carbonyl (C=O) groups excluding carboxylic acids is 1. The van der Waals surface area contributed by atoms with Crippen molar-refractivity contribution in [3.05, 3.63) is 77.9 Å². The van der Waals surface area contributed by atoms with Crippen LogP contribution in [-0.4, -0.2) is 22.6 Å². The molecular formula is C24H23N3O2. The van der Waals surface area contributed by atoms with Crippen LogP contribution < -0.4 is 10.1 Å². The van der Waals surface area contributed by atoms with Crippen molar-refractivity contribution in [2.24, 2.45) is 7.05 Å². The maximum absolute atomic E-state index is 12.4. The van der Waals surface area contributed by atoms with E-state index < -0.39 is 0 Å². The lowest BCUT2D eigenvalue weighted by atomic mass is 10.1. The maximum Gasteiger partial charge on any atom is 0.228 e. The first-order chi connectivity index (χ1) is 14.0. The number of methoxy groups -OCH3 is 1. The number of amides is 1. The number of aromatic nitrogens is 2. The summed E-state index contributed by atoms with van der Waals surface area (Å²) >= 11 is 0. The first-order valence-corrected chi connectivity index (χ1v) is 9.50. The van der Waals surface area contributed by atoms with Crippen molar-refractivity contribution >= 4 is 22.6 Å². The molecule has 0 fully saturated rings. The average Bonchev–Trinajstić information content (AvgIpc) is 3.07. The number of anilines is 1. The molecule has 4 rings (SSSR count). The average molecular weight is 385 g/mol. The van der Waals surface area contributed by atoms with Crippen LogP contribution in [0.2, 0.25) is 0 Å². The topological polar surface area (TPSA) is 56.1 Å². The number of rotatable bonds is 5. The number of hydrogen-bond acceptors (Lipinski definition) is 3. The van der Waals surface area contributed by atoms with E-state index in [0.29, 0.717) is 6.42 Å². The van der Waals surface area contributed by atoms with Crippen LogP contribution in [0.4, 0.5) is 5.69 Å². The van der Waals surface area contributed by atoms with Crippen LogP contribution in [0.1, 0.15) is 11.1 Å². The summed E-state index contributed by atoms with van der Waals surface area (Å²) in [5, 5.41) is 2.96. The molecule has 0 aliphatic rings. The van der Waals surface area contributed by atoms with E-state index in [1.165, 1.54) is 0 Å². The number of para-hydroxylation sites is 2. The van der Waals surface area contributed by atoms with Gasteiger partial charge in [0.2, 0.25) is 5.91 Å². The fourth-order valence-corrected chi connectivity index (χ4v) is 3.47. The lowest BCUT2D eigenvalue weighted by Crippen LogP contribution is -2.14. The molecule has 3 aromatic carbocycles. The van der Waals surface area contributed by atoms with Crippen LogP contribution in [0.25, 0.3) is 22.4 Å². The van der Waals surface area contributed by atoms with Crippen molar-refractivity contribution in [3.8, 4) is 17.1 Å². The molecule has 0 spiro atoms.